The molecule has 1 rings (SSSR count). The van der Waals surface area contributed by atoms with Gasteiger partial charge in [-0.05, 0) is 45.2 Å². The van der Waals surface area contributed by atoms with Gasteiger partial charge in [-0.3, -0.25) is 0 Å². The topological polar surface area (TPSA) is 47.3 Å². The summed E-state index contributed by atoms with van der Waals surface area (Å²) in [6.45, 7) is 8.13. The van der Waals surface area contributed by atoms with Crippen LogP contribution in [0.4, 0.5) is 0 Å². The second-order valence-electron chi connectivity index (χ2n) is 4.94. The minimum absolute atomic E-state index is 0.200. The lowest BCUT2D eigenvalue weighted by atomic mass is 9.94. The minimum Gasteiger partial charge on any atom is -0.380 e. The Bertz CT molecular complexity index is 163. The Kier molecular flexibility index (Phi) is 5.58. The smallest absolute Gasteiger partial charge is 0.0645 e. The lowest BCUT2D eigenvalue weighted by Crippen LogP contribution is -2.49. The molecule has 3 heteroatoms. The molecule has 0 radical (unpaired) electrons. The third-order valence-electron chi connectivity index (χ3n) is 3.45. The van der Waals surface area contributed by atoms with Gasteiger partial charge < -0.3 is 15.8 Å². The maximum absolute atomic E-state index is 5.68. The maximum atomic E-state index is 5.68. The molecule has 2 atom stereocenters. The lowest BCUT2D eigenvalue weighted by Gasteiger charge is -2.35. The van der Waals surface area contributed by atoms with E-state index in [9.17, 15) is 0 Å². The van der Waals surface area contributed by atoms with Crippen molar-refractivity contribution in [3.05, 3.63) is 0 Å². The number of nitrogens with one attached hydrogen (secondary N) is 1. The zero-order valence-electron chi connectivity index (χ0n) is 10.2. The molecule has 1 fully saturated rings. The average Bonchev–Trinajstić information content (AvgIpc) is 2.25. The number of nitrogens with two attached hydrogens (primary N) is 1. The van der Waals surface area contributed by atoms with Crippen LogP contribution in [0.1, 0.15) is 39.5 Å². The zero-order chi connectivity index (χ0) is 11.1. The first-order valence-corrected chi connectivity index (χ1v) is 6.23. The van der Waals surface area contributed by atoms with Crippen LogP contribution in [0.25, 0.3) is 0 Å². The highest BCUT2D eigenvalue weighted by Crippen LogP contribution is 2.18. The van der Waals surface area contributed by atoms with Crippen molar-refractivity contribution in [2.75, 3.05) is 26.3 Å². The van der Waals surface area contributed by atoms with Gasteiger partial charge in [0.15, 0.2) is 0 Å². The van der Waals surface area contributed by atoms with Gasteiger partial charge in [-0.25, -0.2) is 0 Å². The summed E-state index contributed by atoms with van der Waals surface area (Å²) in [6.07, 6.45) is 4.78. The standard InChI is InChI=1S/C12H26N2O/c1-3-11(9-13)5-7-14-12(2)6-4-8-15-10-12/h11,14H,3-10,13H2,1-2H3. The molecule has 3 nitrogen and oxygen atoms in total. The van der Waals surface area contributed by atoms with E-state index in [2.05, 4.69) is 19.2 Å². The van der Waals surface area contributed by atoms with Crippen molar-refractivity contribution in [1.29, 1.82) is 0 Å². The molecule has 0 aliphatic carbocycles. The molecule has 1 aliphatic rings. The van der Waals surface area contributed by atoms with Crippen LogP contribution in [0.3, 0.4) is 0 Å². The third-order valence-corrected chi connectivity index (χ3v) is 3.45. The number of hydrogen-bond donors (Lipinski definition) is 2. The first kappa shape index (κ1) is 12.9. The van der Waals surface area contributed by atoms with Crippen LogP contribution in [-0.4, -0.2) is 31.8 Å². The van der Waals surface area contributed by atoms with Gasteiger partial charge in [-0.1, -0.05) is 13.3 Å². The van der Waals surface area contributed by atoms with E-state index in [0.717, 1.165) is 26.3 Å². The first-order chi connectivity index (χ1) is 7.20. The van der Waals surface area contributed by atoms with Gasteiger partial charge >= 0.3 is 0 Å². The van der Waals surface area contributed by atoms with Crippen LogP contribution >= 0.6 is 0 Å². The molecule has 3 N–H and O–H groups in total. The van der Waals surface area contributed by atoms with E-state index in [1.165, 1.54) is 25.7 Å². The van der Waals surface area contributed by atoms with Crippen molar-refractivity contribution in [2.24, 2.45) is 11.7 Å². The van der Waals surface area contributed by atoms with Crippen molar-refractivity contribution in [3.8, 4) is 0 Å². The van der Waals surface area contributed by atoms with Gasteiger partial charge in [-0.15, -0.1) is 0 Å². The van der Waals surface area contributed by atoms with Crippen molar-refractivity contribution in [1.82, 2.24) is 5.32 Å². The van der Waals surface area contributed by atoms with Crippen LogP contribution in [0, 0.1) is 5.92 Å². The lowest BCUT2D eigenvalue weighted by molar-refractivity contribution is 0.0281. The first-order valence-electron chi connectivity index (χ1n) is 6.23. The third kappa shape index (κ3) is 4.49. The van der Waals surface area contributed by atoms with E-state index in [1.54, 1.807) is 0 Å². The van der Waals surface area contributed by atoms with E-state index < -0.39 is 0 Å². The molecule has 0 bridgehead atoms. The summed E-state index contributed by atoms with van der Waals surface area (Å²) < 4.78 is 5.51. The normalized spacial score (nSPS) is 29.0. The monoisotopic (exact) mass is 214 g/mol. The predicted molar refractivity (Wildman–Crippen MR) is 63.9 cm³/mol. The van der Waals surface area contributed by atoms with Crippen LogP contribution in [0.2, 0.25) is 0 Å². The van der Waals surface area contributed by atoms with Crippen LogP contribution < -0.4 is 11.1 Å². The van der Waals surface area contributed by atoms with Crippen molar-refractivity contribution >= 4 is 0 Å². The summed E-state index contributed by atoms with van der Waals surface area (Å²) >= 11 is 0. The molecule has 0 saturated carbocycles. The molecule has 0 aromatic carbocycles. The molecule has 2 unspecified atom stereocenters. The number of hydrogen-bond acceptors (Lipinski definition) is 3. The van der Waals surface area contributed by atoms with Gasteiger partial charge in [0.25, 0.3) is 0 Å². The molecule has 1 saturated heterocycles. The van der Waals surface area contributed by atoms with Crippen LogP contribution in [0.15, 0.2) is 0 Å². The van der Waals surface area contributed by atoms with E-state index in [0.29, 0.717) is 5.92 Å². The highest BCUT2D eigenvalue weighted by atomic mass is 16.5. The summed E-state index contributed by atoms with van der Waals surface area (Å²) in [5.74, 6) is 0.672. The second-order valence-corrected chi connectivity index (χ2v) is 4.94. The van der Waals surface area contributed by atoms with Gasteiger partial charge in [0.2, 0.25) is 0 Å². The highest BCUT2D eigenvalue weighted by molar-refractivity contribution is 4.85. The molecule has 1 heterocycles. The fourth-order valence-corrected chi connectivity index (χ4v) is 2.14. The van der Waals surface area contributed by atoms with E-state index in [4.69, 9.17) is 10.5 Å². The van der Waals surface area contributed by atoms with Gasteiger partial charge in [0.1, 0.15) is 0 Å². The van der Waals surface area contributed by atoms with E-state index in [1.807, 2.05) is 0 Å². The SMILES string of the molecule is CCC(CN)CCNC1(C)CCCOC1. The molecular weight excluding hydrogens is 188 g/mol. The Hall–Kier alpha value is -0.120. The molecule has 1 aliphatic heterocycles. The Morgan fingerprint density at radius 3 is 2.87 bits per heavy atom. The second kappa shape index (κ2) is 6.46. The fourth-order valence-electron chi connectivity index (χ4n) is 2.14. The van der Waals surface area contributed by atoms with Crippen molar-refractivity contribution in [3.63, 3.8) is 0 Å². The maximum Gasteiger partial charge on any atom is 0.0645 e. The average molecular weight is 214 g/mol. The summed E-state index contributed by atoms with van der Waals surface area (Å²) in [5.41, 5.74) is 5.88. The fraction of sp³-hybridized carbons (Fsp3) is 1.00. The van der Waals surface area contributed by atoms with Crippen LogP contribution in [0.5, 0.6) is 0 Å². The van der Waals surface area contributed by atoms with Crippen molar-refractivity contribution < 1.29 is 4.74 Å². The largest absolute Gasteiger partial charge is 0.380 e. The van der Waals surface area contributed by atoms with Gasteiger partial charge in [0, 0.05) is 12.1 Å². The Morgan fingerprint density at radius 2 is 2.33 bits per heavy atom. The summed E-state index contributed by atoms with van der Waals surface area (Å²) in [7, 11) is 0. The molecule has 0 amide bonds. The molecule has 0 aromatic rings. The summed E-state index contributed by atoms with van der Waals surface area (Å²) in [5, 5.41) is 3.62. The van der Waals surface area contributed by atoms with Crippen LogP contribution in [-0.2, 0) is 4.74 Å². The summed E-state index contributed by atoms with van der Waals surface area (Å²) in [6, 6.07) is 0. The van der Waals surface area contributed by atoms with Gasteiger partial charge in [-0.2, -0.15) is 0 Å². The predicted octanol–water partition coefficient (Wildman–Crippen LogP) is 1.52. The Balaban J connectivity index is 2.17. The molecular formula is C12H26N2O. The summed E-state index contributed by atoms with van der Waals surface area (Å²) in [4.78, 5) is 0. The van der Waals surface area contributed by atoms with Gasteiger partial charge in [0.05, 0.1) is 6.61 Å². The quantitative estimate of drug-likeness (QED) is 0.705. The molecule has 90 valence electrons. The highest BCUT2D eigenvalue weighted by Gasteiger charge is 2.26. The molecule has 15 heavy (non-hydrogen) atoms. The molecule has 0 aromatic heterocycles. The minimum atomic E-state index is 0.200. The Morgan fingerprint density at radius 1 is 1.53 bits per heavy atom. The van der Waals surface area contributed by atoms with E-state index >= 15 is 0 Å². The Labute approximate surface area is 93.8 Å². The van der Waals surface area contributed by atoms with E-state index in [-0.39, 0.29) is 5.54 Å². The van der Waals surface area contributed by atoms with Crippen molar-refractivity contribution in [2.45, 2.75) is 45.1 Å². The molecule has 0 spiro atoms. The number of ether oxygens (including phenoxy) is 1. The number of rotatable bonds is 6. The zero-order valence-corrected chi connectivity index (χ0v) is 10.2.